The molecule has 1 aromatic rings. The number of carbonyl (C=O) groups is 2. The summed E-state index contributed by atoms with van der Waals surface area (Å²) in [7, 11) is 0. The van der Waals surface area contributed by atoms with E-state index in [1.54, 1.807) is 17.5 Å². The summed E-state index contributed by atoms with van der Waals surface area (Å²) in [6.45, 7) is 5.79. The minimum absolute atomic E-state index is 0.00161. The van der Waals surface area contributed by atoms with E-state index in [0.29, 0.717) is 5.56 Å². The SMILES string of the molecule is CC(C)(C)/C=C/C(=O)NCc1ccccc1NC(=O)C(F)(F)F. The Morgan fingerprint density at radius 3 is 2.30 bits per heavy atom. The third-order valence-electron chi connectivity index (χ3n) is 2.71. The van der Waals surface area contributed by atoms with Gasteiger partial charge in [-0.05, 0) is 23.1 Å². The third kappa shape index (κ3) is 6.99. The lowest BCUT2D eigenvalue weighted by Gasteiger charge is -2.13. The van der Waals surface area contributed by atoms with Crippen LogP contribution < -0.4 is 10.6 Å². The molecule has 0 saturated heterocycles. The van der Waals surface area contributed by atoms with E-state index < -0.39 is 12.1 Å². The van der Waals surface area contributed by atoms with Crippen molar-refractivity contribution in [2.75, 3.05) is 5.32 Å². The summed E-state index contributed by atoms with van der Waals surface area (Å²) in [6, 6.07) is 5.97. The number of anilines is 1. The first kappa shape index (κ1) is 18.7. The van der Waals surface area contributed by atoms with Crippen molar-refractivity contribution in [3.63, 3.8) is 0 Å². The van der Waals surface area contributed by atoms with Gasteiger partial charge in [0.05, 0.1) is 0 Å². The highest BCUT2D eigenvalue weighted by molar-refractivity contribution is 5.95. The van der Waals surface area contributed by atoms with E-state index in [0.717, 1.165) is 0 Å². The van der Waals surface area contributed by atoms with Crippen molar-refractivity contribution in [2.45, 2.75) is 33.5 Å². The first-order valence-corrected chi connectivity index (χ1v) is 6.92. The number of carbonyl (C=O) groups excluding carboxylic acids is 2. The van der Waals surface area contributed by atoms with E-state index in [9.17, 15) is 22.8 Å². The van der Waals surface area contributed by atoms with E-state index in [-0.39, 0.29) is 23.6 Å². The number of amides is 2. The van der Waals surface area contributed by atoms with Crippen LogP contribution in [0.5, 0.6) is 0 Å². The molecule has 0 spiro atoms. The number of alkyl halides is 3. The maximum Gasteiger partial charge on any atom is 0.471 e. The Balaban J connectivity index is 2.73. The number of halogens is 3. The fourth-order valence-electron chi connectivity index (χ4n) is 1.56. The lowest BCUT2D eigenvalue weighted by molar-refractivity contribution is -0.167. The topological polar surface area (TPSA) is 58.2 Å². The molecule has 0 bridgehead atoms. The zero-order valence-corrected chi connectivity index (χ0v) is 13.1. The average Bonchev–Trinajstić information content (AvgIpc) is 2.42. The molecule has 0 heterocycles. The van der Waals surface area contributed by atoms with Gasteiger partial charge in [-0.3, -0.25) is 9.59 Å². The quantitative estimate of drug-likeness (QED) is 0.832. The summed E-state index contributed by atoms with van der Waals surface area (Å²) in [5, 5.41) is 4.36. The first-order chi connectivity index (χ1) is 10.5. The van der Waals surface area contributed by atoms with Gasteiger partial charge in [0.25, 0.3) is 0 Å². The molecule has 0 fully saturated rings. The van der Waals surface area contributed by atoms with Crippen LogP contribution in [0.3, 0.4) is 0 Å². The lowest BCUT2D eigenvalue weighted by atomic mass is 9.96. The van der Waals surface area contributed by atoms with E-state index >= 15 is 0 Å². The van der Waals surface area contributed by atoms with E-state index in [2.05, 4.69) is 5.32 Å². The Morgan fingerprint density at radius 1 is 1.13 bits per heavy atom. The first-order valence-electron chi connectivity index (χ1n) is 6.92. The fourth-order valence-corrected chi connectivity index (χ4v) is 1.56. The van der Waals surface area contributed by atoms with Crippen molar-refractivity contribution in [3.05, 3.63) is 42.0 Å². The molecular formula is C16H19F3N2O2. The van der Waals surface area contributed by atoms with Crippen molar-refractivity contribution >= 4 is 17.5 Å². The molecule has 7 heteroatoms. The molecule has 0 aliphatic rings. The Morgan fingerprint density at radius 2 is 1.74 bits per heavy atom. The van der Waals surface area contributed by atoms with Crippen molar-refractivity contribution in [1.82, 2.24) is 5.32 Å². The summed E-state index contributed by atoms with van der Waals surface area (Å²) in [6.07, 6.45) is -1.87. The van der Waals surface area contributed by atoms with Crippen LogP contribution in [0.4, 0.5) is 18.9 Å². The van der Waals surface area contributed by atoms with Crippen molar-refractivity contribution < 1.29 is 22.8 Å². The molecule has 0 radical (unpaired) electrons. The Kier molecular flexibility index (Phi) is 5.95. The zero-order chi connectivity index (χ0) is 17.7. The molecule has 23 heavy (non-hydrogen) atoms. The van der Waals surface area contributed by atoms with Crippen molar-refractivity contribution in [3.8, 4) is 0 Å². The standard InChI is InChI=1S/C16H19F3N2O2/c1-15(2,3)9-8-13(22)20-10-11-6-4-5-7-12(11)21-14(23)16(17,18)19/h4-9H,10H2,1-3H3,(H,20,22)(H,21,23)/b9-8+. The number of hydrogen-bond donors (Lipinski definition) is 2. The van der Waals surface area contributed by atoms with Crippen molar-refractivity contribution in [1.29, 1.82) is 0 Å². The summed E-state index contributed by atoms with van der Waals surface area (Å²) >= 11 is 0. The minimum Gasteiger partial charge on any atom is -0.348 e. The van der Waals surface area contributed by atoms with E-state index in [1.165, 1.54) is 24.3 Å². The third-order valence-corrected chi connectivity index (χ3v) is 2.71. The predicted molar refractivity (Wildman–Crippen MR) is 81.6 cm³/mol. The Labute approximate surface area is 132 Å². The van der Waals surface area contributed by atoms with Crippen LogP contribution in [0.1, 0.15) is 26.3 Å². The molecule has 0 aliphatic heterocycles. The van der Waals surface area contributed by atoms with Gasteiger partial charge in [0.15, 0.2) is 0 Å². The van der Waals surface area contributed by atoms with Crippen molar-refractivity contribution in [2.24, 2.45) is 5.41 Å². The van der Waals surface area contributed by atoms with Crippen LogP contribution in [-0.2, 0) is 16.1 Å². The van der Waals surface area contributed by atoms with Gasteiger partial charge in [0, 0.05) is 12.2 Å². The molecule has 0 atom stereocenters. The van der Waals surface area contributed by atoms with Crippen LogP contribution in [0, 0.1) is 5.41 Å². The van der Waals surface area contributed by atoms with Gasteiger partial charge in [-0.15, -0.1) is 0 Å². The highest BCUT2D eigenvalue weighted by atomic mass is 19.4. The smallest absolute Gasteiger partial charge is 0.348 e. The highest BCUT2D eigenvalue weighted by Gasteiger charge is 2.38. The van der Waals surface area contributed by atoms with Gasteiger partial charge >= 0.3 is 12.1 Å². The average molecular weight is 328 g/mol. The second kappa shape index (κ2) is 7.30. The summed E-state index contributed by atoms with van der Waals surface area (Å²) < 4.78 is 36.9. The van der Waals surface area contributed by atoms with Crippen LogP contribution in [0.2, 0.25) is 0 Å². The maximum absolute atomic E-state index is 12.3. The second-order valence-electron chi connectivity index (χ2n) is 6.03. The fraction of sp³-hybridized carbons (Fsp3) is 0.375. The lowest BCUT2D eigenvalue weighted by Crippen LogP contribution is -2.30. The summed E-state index contributed by atoms with van der Waals surface area (Å²) in [5.74, 6) is -2.42. The van der Waals surface area contributed by atoms with E-state index in [1.807, 2.05) is 20.8 Å². The van der Waals surface area contributed by atoms with Gasteiger partial charge in [-0.25, -0.2) is 0 Å². The molecule has 0 unspecified atom stereocenters. The molecule has 2 amide bonds. The van der Waals surface area contributed by atoms with Crippen LogP contribution >= 0.6 is 0 Å². The number of allylic oxidation sites excluding steroid dienone is 1. The van der Waals surface area contributed by atoms with Gasteiger partial charge in [-0.1, -0.05) is 45.0 Å². The maximum atomic E-state index is 12.3. The van der Waals surface area contributed by atoms with Gasteiger partial charge in [0.1, 0.15) is 0 Å². The largest absolute Gasteiger partial charge is 0.471 e. The molecule has 2 N–H and O–H groups in total. The van der Waals surface area contributed by atoms with Crippen LogP contribution in [0.25, 0.3) is 0 Å². The molecule has 4 nitrogen and oxygen atoms in total. The number of nitrogens with one attached hydrogen (secondary N) is 2. The zero-order valence-electron chi connectivity index (χ0n) is 13.1. The Bertz CT molecular complexity index is 602. The van der Waals surface area contributed by atoms with Gasteiger partial charge < -0.3 is 10.6 Å². The summed E-state index contributed by atoms with van der Waals surface area (Å²) in [5.41, 5.74) is 0.230. The normalized spacial score (nSPS) is 12.3. The number of rotatable bonds is 4. The molecule has 0 aromatic heterocycles. The molecule has 1 aromatic carbocycles. The van der Waals surface area contributed by atoms with Crippen LogP contribution in [0.15, 0.2) is 36.4 Å². The Hall–Kier alpha value is -2.31. The van der Waals surface area contributed by atoms with E-state index in [4.69, 9.17) is 0 Å². The molecule has 0 aliphatic carbocycles. The number of hydrogen-bond acceptors (Lipinski definition) is 2. The molecule has 1 rings (SSSR count). The van der Waals surface area contributed by atoms with Gasteiger partial charge in [0.2, 0.25) is 5.91 Å². The monoisotopic (exact) mass is 328 g/mol. The predicted octanol–water partition coefficient (Wildman–Crippen LogP) is 3.41. The second-order valence-corrected chi connectivity index (χ2v) is 6.03. The molecular weight excluding hydrogens is 309 g/mol. The minimum atomic E-state index is -4.97. The summed E-state index contributed by atoms with van der Waals surface area (Å²) in [4.78, 5) is 22.7. The number of para-hydroxylation sites is 1. The number of benzene rings is 1. The molecule has 0 saturated carbocycles. The van der Waals surface area contributed by atoms with Gasteiger partial charge in [-0.2, -0.15) is 13.2 Å². The van der Waals surface area contributed by atoms with Crippen LogP contribution in [-0.4, -0.2) is 18.0 Å². The molecule has 126 valence electrons. The highest BCUT2D eigenvalue weighted by Crippen LogP contribution is 2.21.